The third-order valence-electron chi connectivity index (χ3n) is 7.95. The van der Waals surface area contributed by atoms with Crippen LogP contribution in [-0.2, 0) is 23.7 Å². The summed E-state index contributed by atoms with van der Waals surface area (Å²) in [6.45, 7) is -1.20. The minimum Gasteiger partial charge on any atom is -0.504 e. The molecule has 0 aromatic heterocycles. The van der Waals surface area contributed by atoms with Gasteiger partial charge < -0.3 is 90.1 Å². The first-order valence-corrected chi connectivity index (χ1v) is 15.4. The number of rotatable bonds is 9. The zero-order valence-electron chi connectivity index (χ0n) is 27.7. The van der Waals surface area contributed by atoms with Gasteiger partial charge in [-0.2, -0.15) is 0 Å². The highest BCUT2D eigenvalue weighted by molar-refractivity contribution is 5.94. The summed E-state index contributed by atoms with van der Waals surface area (Å²) in [5.41, 5.74) is -2.84. The number of ether oxygens (including phenoxy) is 5. The van der Waals surface area contributed by atoms with Crippen molar-refractivity contribution in [1.82, 2.24) is 0 Å². The SMILES string of the molecule is O=C(OC1O[C@H](CO)[C@@H](OC(=O)c2cc(O)c(O)c(O)c2)[C@H](OC(=O)c2cc(O)c(O)c(O)c2)[C@H]1OC(=O)c1cc(O)c(O)c(O)c1)c1cc(O)c(O)c(O)c1. The van der Waals surface area contributed by atoms with E-state index < -0.39 is 152 Å². The summed E-state index contributed by atoms with van der Waals surface area (Å²) in [5.74, 6) is -18.6. The zero-order valence-corrected chi connectivity index (χ0v) is 27.7. The van der Waals surface area contributed by atoms with Crippen molar-refractivity contribution in [3.05, 3.63) is 70.8 Å². The van der Waals surface area contributed by atoms with Crippen LogP contribution in [0.25, 0.3) is 0 Å². The Balaban J connectivity index is 1.64. The second-order valence-electron chi connectivity index (χ2n) is 11.7. The van der Waals surface area contributed by atoms with Gasteiger partial charge >= 0.3 is 23.9 Å². The lowest BCUT2D eigenvalue weighted by atomic mass is 9.97. The number of carbonyl (C=O) groups is 4. The maximum atomic E-state index is 13.6. The van der Waals surface area contributed by atoms with Gasteiger partial charge in [-0.05, 0) is 48.5 Å². The van der Waals surface area contributed by atoms with Crippen molar-refractivity contribution in [3.8, 4) is 69.0 Å². The number of benzene rings is 4. The van der Waals surface area contributed by atoms with Gasteiger partial charge in [0.2, 0.25) is 12.4 Å². The molecule has 1 fully saturated rings. The predicted octanol–water partition coefficient (Wildman–Crippen LogP) is 0.705. The number of carbonyl (C=O) groups excluding carboxylic acids is 4. The van der Waals surface area contributed by atoms with Crippen LogP contribution in [0.4, 0.5) is 0 Å². The molecule has 5 atom stereocenters. The molecule has 1 aliphatic heterocycles. The van der Waals surface area contributed by atoms with E-state index in [4.69, 9.17) is 23.7 Å². The van der Waals surface area contributed by atoms with Gasteiger partial charge in [-0.25, -0.2) is 19.2 Å². The third-order valence-corrected chi connectivity index (χ3v) is 7.95. The van der Waals surface area contributed by atoms with Crippen molar-refractivity contribution >= 4 is 23.9 Å². The number of hydrogen-bond acceptors (Lipinski definition) is 22. The second-order valence-corrected chi connectivity index (χ2v) is 11.7. The summed E-state index contributed by atoms with van der Waals surface area (Å²) in [6.07, 6.45) is -11.2. The molecule has 296 valence electrons. The largest absolute Gasteiger partial charge is 0.504 e. The average Bonchev–Trinajstić information content (AvgIpc) is 3.14. The molecule has 1 aliphatic rings. The van der Waals surface area contributed by atoms with E-state index in [9.17, 15) is 85.6 Å². The van der Waals surface area contributed by atoms with Crippen LogP contribution in [-0.4, -0.2) is 128 Å². The highest BCUT2D eigenvalue weighted by atomic mass is 16.7. The second kappa shape index (κ2) is 15.3. The summed E-state index contributed by atoms with van der Waals surface area (Å²) in [4.78, 5) is 53.7. The lowest BCUT2D eigenvalue weighted by molar-refractivity contribution is -0.283. The Labute approximate surface area is 310 Å². The summed E-state index contributed by atoms with van der Waals surface area (Å²) in [5, 5.41) is 129. The smallest absolute Gasteiger partial charge is 0.340 e. The molecule has 22 heteroatoms. The molecule has 1 unspecified atom stereocenters. The Morgan fingerprint density at radius 3 is 0.946 bits per heavy atom. The van der Waals surface area contributed by atoms with Crippen LogP contribution in [0.15, 0.2) is 48.5 Å². The first-order valence-electron chi connectivity index (χ1n) is 15.4. The van der Waals surface area contributed by atoms with Crippen LogP contribution < -0.4 is 0 Å². The molecule has 0 spiro atoms. The first-order chi connectivity index (χ1) is 26.3. The van der Waals surface area contributed by atoms with Gasteiger partial charge in [0.05, 0.1) is 28.9 Å². The predicted molar refractivity (Wildman–Crippen MR) is 175 cm³/mol. The van der Waals surface area contributed by atoms with E-state index in [0.717, 1.165) is 0 Å². The minimum absolute atomic E-state index is 0.588. The van der Waals surface area contributed by atoms with Crippen molar-refractivity contribution in [2.45, 2.75) is 30.7 Å². The number of phenols is 12. The van der Waals surface area contributed by atoms with Crippen LogP contribution in [0.3, 0.4) is 0 Å². The molecule has 4 aromatic carbocycles. The fourth-order valence-corrected chi connectivity index (χ4v) is 5.16. The fraction of sp³-hybridized carbons (Fsp3) is 0.176. The Morgan fingerprint density at radius 2 is 0.661 bits per heavy atom. The van der Waals surface area contributed by atoms with Gasteiger partial charge in [-0.3, -0.25) is 0 Å². The van der Waals surface area contributed by atoms with Gasteiger partial charge in [0.15, 0.2) is 81.2 Å². The lowest BCUT2D eigenvalue weighted by Crippen LogP contribution is -2.63. The van der Waals surface area contributed by atoms with Crippen molar-refractivity contribution < 1.29 is 109 Å². The van der Waals surface area contributed by atoms with Gasteiger partial charge in [0, 0.05) is 0 Å². The molecule has 0 bridgehead atoms. The number of phenolic OH excluding ortho intramolecular Hbond substituents is 12. The van der Waals surface area contributed by atoms with Crippen molar-refractivity contribution in [1.29, 1.82) is 0 Å². The van der Waals surface area contributed by atoms with E-state index in [1.165, 1.54) is 0 Å². The topological polar surface area (TPSA) is 377 Å². The van der Waals surface area contributed by atoms with Crippen LogP contribution >= 0.6 is 0 Å². The summed E-state index contributed by atoms with van der Waals surface area (Å²) in [7, 11) is 0. The monoisotopic (exact) mass is 788 g/mol. The summed E-state index contributed by atoms with van der Waals surface area (Å²) in [6, 6.07) is 4.82. The number of aromatic hydroxyl groups is 12. The third kappa shape index (κ3) is 7.80. The van der Waals surface area contributed by atoms with E-state index >= 15 is 0 Å². The van der Waals surface area contributed by atoms with Gasteiger partial charge in [0.1, 0.15) is 6.10 Å². The van der Waals surface area contributed by atoms with E-state index in [0.29, 0.717) is 48.5 Å². The molecule has 0 radical (unpaired) electrons. The summed E-state index contributed by atoms with van der Waals surface area (Å²) < 4.78 is 27.3. The highest BCUT2D eigenvalue weighted by Crippen LogP contribution is 2.40. The quantitative estimate of drug-likeness (QED) is 0.0630. The molecule has 5 rings (SSSR count). The molecule has 0 aliphatic carbocycles. The number of esters is 4. The van der Waals surface area contributed by atoms with Crippen LogP contribution in [0.2, 0.25) is 0 Å². The minimum atomic E-state index is -2.38. The molecular formula is C34H28O22. The maximum Gasteiger partial charge on any atom is 0.340 e. The average molecular weight is 789 g/mol. The molecule has 0 amide bonds. The van der Waals surface area contributed by atoms with Crippen LogP contribution in [0, 0.1) is 0 Å². The molecule has 1 heterocycles. The number of hydrogen-bond donors (Lipinski definition) is 13. The van der Waals surface area contributed by atoms with Gasteiger partial charge in [0.25, 0.3) is 0 Å². The molecule has 22 nitrogen and oxygen atoms in total. The first kappa shape index (κ1) is 39.5. The molecule has 0 saturated carbocycles. The Kier molecular flexibility index (Phi) is 10.8. The highest BCUT2D eigenvalue weighted by Gasteiger charge is 2.54. The molecule has 4 aromatic rings. The normalized spacial score (nSPS) is 19.1. The van der Waals surface area contributed by atoms with Crippen molar-refractivity contribution in [2.24, 2.45) is 0 Å². The Hall–Kier alpha value is -7.72. The number of aliphatic hydroxyl groups is 1. The van der Waals surface area contributed by atoms with E-state index in [1.807, 2.05) is 0 Å². The summed E-state index contributed by atoms with van der Waals surface area (Å²) >= 11 is 0. The van der Waals surface area contributed by atoms with Gasteiger partial charge in [-0.15, -0.1) is 0 Å². The Morgan fingerprint density at radius 1 is 0.411 bits per heavy atom. The van der Waals surface area contributed by atoms with E-state index in [1.54, 1.807) is 0 Å². The van der Waals surface area contributed by atoms with Crippen LogP contribution in [0.5, 0.6) is 69.0 Å². The lowest BCUT2D eigenvalue weighted by Gasteiger charge is -2.43. The number of aliphatic hydroxyl groups excluding tert-OH is 1. The fourth-order valence-electron chi connectivity index (χ4n) is 5.16. The maximum absolute atomic E-state index is 13.6. The van der Waals surface area contributed by atoms with E-state index in [2.05, 4.69) is 0 Å². The van der Waals surface area contributed by atoms with Gasteiger partial charge in [-0.1, -0.05) is 0 Å². The molecule has 56 heavy (non-hydrogen) atoms. The van der Waals surface area contributed by atoms with Crippen molar-refractivity contribution in [3.63, 3.8) is 0 Å². The van der Waals surface area contributed by atoms with E-state index in [-0.39, 0.29) is 0 Å². The van der Waals surface area contributed by atoms with Crippen LogP contribution in [0.1, 0.15) is 41.4 Å². The molecule has 13 N–H and O–H groups in total. The molecule has 1 saturated heterocycles. The zero-order chi connectivity index (χ0) is 41.3. The Bertz CT molecular complexity index is 2140. The molecular weight excluding hydrogens is 760 g/mol. The standard InChI is InChI=1S/C34H28O22/c35-9-22-27(53-30(48)10-1-14(36)23(44)15(37)2-10)28(54-31(49)11-3-16(38)24(45)17(39)4-11)29(55-32(50)12-5-18(40)25(46)19(41)6-12)34(52-22)56-33(51)13-7-20(42)26(47)21(43)8-13/h1-8,22,27-29,34-47H,9H2/t22-,27-,28+,29-,34?/m1/s1. The van der Waals surface area contributed by atoms with Crippen molar-refractivity contribution in [2.75, 3.05) is 6.61 Å².